The second-order valence-electron chi connectivity index (χ2n) is 7.37. The Labute approximate surface area is 149 Å². The normalized spacial score (nSPS) is 16.7. The molecule has 2 amide bonds. The predicted molar refractivity (Wildman–Crippen MR) is 93.4 cm³/mol. The second-order valence-corrected chi connectivity index (χ2v) is 7.37. The van der Waals surface area contributed by atoms with Gasteiger partial charge in [0, 0.05) is 24.6 Å². The number of nitrogens with zero attached hydrogens (tertiary/aromatic N) is 3. The van der Waals surface area contributed by atoms with Gasteiger partial charge >= 0.3 is 0 Å². The van der Waals surface area contributed by atoms with Gasteiger partial charge in [0.15, 0.2) is 11.4 Å². The summed E-state index contributed by atoms with van der Waals surface area (Å²) in [6.45, 7) is 4.36. The third-order valence-electron chi connectivity index (χ3n) is 4.64. The maximum atomic E-state index is 12.9. The summed E-state index contributed by atoms with van der Waals surface area (Å²) in [7, 11) is 0. The molecule has 3 N–H and O–H groups in total. The smallest absolute Gasteiger partial charge is 0.291 e. The number of carbonyl (C=O) groups is 2. The Kier molecular flexibility index (Phi) is 3.74. The fraction of sp³-hybridized carbons (Fsp3) is 0.529. The topological polar surface area (TPSA) is 118 Å². The van der Waals surface area contributed by atoms with Crippen molar-refractivity contribution in [1.82, 2.24) is 19.5 Å². The van der Waals surface area contributed by atoms with E-state index < -0.39 is 11.5 Å². The SMILES string of the molecule is CC(C)Cn1c(O)c(C(=O)NC2CC2)c(=O)n2nc3c(c12)CCC(=O)N3. The minimum atomic E-state index is -0.681. The van der Waals surface area contributed by atoms with E-state index in [2.05, 4.69) is 15.7 Å². The van der Waals surface area contributed by atoms with Crippen LogP contribution in [0.25, 0.3) is 5.65 Å². The fourth-order valence-electron chi connectivity index (χ4n) is 3.28. The van der Waals surface area contributed by atoms with Crippen LogP contribution in [0.5, 0.6) is 5.88 Å². The molecule has 0 aromatic carbocycles. The van der Waals surface area contributed by atoms with Gasteiger partial charge in [-0.1, -0.05) is 13.8 Å². The van der Waals surface area contributed by atoms with E-state index in [4.69, 9.17) is 0 Å². The van der Waals surface area contributed by atoms with Crippen molar-refractivity contribution in [3.63, 3.8) is 0 Å². The molecule has 0 bridgehead atoms. The van der Waals surface area contributed by atoms with Gasteiger partial charge in [-0.2, -0.15) is 4.52 Å². The summed E-state index contributed by atoms with van der Waals surface area (Å²) in [5, 5.41) is 20.4. The number of hydrogen-bond donors (Lipinski definition) is 3. The summed E-state index contributed by atoms with van der Waals surface area (Å²) in [6.07, 6.45) is 2.46. The van der Waals surface area contributed by atoms with Crippen molar-refractivity contribution < 1.29 is 14.7 Å². The number of aromatic nitrogens is 3. The van der Waals surface area contributed by atoms with Gasteiger partial charge in [-0.3, -0.25) is 19.0 Å². The van der Waals surface area contributed by atoms with Gasteiger partial charge in [0.05, 0.1) is 0 Å². The lowest BCUT2D eigenvalue weighted by Crippen LogP contribution is -2.34. The van der Waals surface area contributed by atoms with Crippen LogP contribution in [-0.2, 0) is 17.8 Å². The molecule has 4 rings (SSSR count). The number of amides is 2. The molecule has 0 atom stereocenters. The Morgan fingerprint density at radius 2 is 2.08 bits per heavy atom. The lowest BCUT2D eigenvalue weighted by Gasteiger charge is -2.18. The molecule has 0 radical (unpaired) electrons. The quantitative estimate of drug-likeness (QED) is 0.740. The molecule has 0 unspecified atom stereocenters. The molecule has 0 spiro atoms. The van der Waals surface area contributed by atoms with Crippen molar-refractivity contribution in [3.8, 4) is 5.88 Å². The summed E-state index contributed by atoms with van der Waals surface area (Å²) in [4.78, 5) is 37.1. The van der Waals surface area contributed by atoms with Crippen LogP contribution < -0.4 is 16.2 Å². The van der Waals surface area contributed by atoms with Crippen molar-refractivity contribution in [2.45, 2.75) is 52.1 Å². The second kappa shape index (κ2) is 5.86. The van der Waals surface area contributed by atoms with Gasteiger partial charge in [0.25, 0.3) is 11.5 Å². The average Bonchev–Trinajstić information content (AvgIpc) is 3.29. The molecular weight excluding hydrogens is 338 g/mol. The van der Waals surface area contributed by atoms with Crippen molar-refractivity contribution in [2.75, 3.05) is 5.32 Å². The minimum absolute atomic E-state index is 0.0562. The minimum Gasteiger partial charge on any atom is -0.494 e. The van der Waals surface area contributed by atoms with E-state index in [0.717, 1.165) is 17.4 Å². The number of fused-ring (bicyclic) bond motifs is 3. The fourth-order valence-corrected chi connectivity index (χ4v) is 3.28. The largest absolute Gasteiger partial charge is 0.494 e. The van der Waals surface area contributed by atoms with Crippen molar-refractivity contribution in [2.24, 2.45) is 5.92 Å². The van der Waals surface area contributed by atoms with Gasteiger partial charge in [0.1, 0.15) is 5.65 Å². The molecule has 26 heavy (non-hydrogen) atoms. The van der Waals surface area contributed by atoms with E-state index >= 15 is 0 Å². The van der Waals surface area contributed by atoms with E-state index in [9.17, 15) is 19.5 Å². The number of rotatable bonds is 4. The van der Waals surface area contributed by atoms with Gasteiger partial charge in [-0.15, -0.1) is 5.10 Å². The first-order valence-electron chi connectivity index (χ1n) is 8.85. The molecule has 138 valence electrons. The Morgan fingerprint density at radius 3 is 2.73 bits per heavy atom. The van der Waals surface area contributed by atoms with E-state index in [1.165, 1.54) is 0 Å². The number of nitrogens with one attached hydrogen (secondary N) is 2. The standard InChI is InChI=1S/C17H21N5O4/c1-8(2)7-21-15-10-5-6-11(23)19-13(10)20-22(15)17(26)12(16(21)25)14(24)18-9-3-4-9/h8-9,25H,3-7H2,1-2H3,(H,18,24)(H,19,20,23). The molecule has 0 saturated heterocycles. The lowest BCUT2D eigenvalue weighted by molar-refractivity contribution is -0.116. The maximum absolute atomic E-state index is 12.9. The highest BCUT2D eigenvalue weighted by atomic mass is 16.3. The summed E-state index contributed by atoms with van der Waals surface area (Å²) >= 11 is 0. The third-order valence-corrected chi connectivity index (χ3v) is 4.64. The number of anilines is 1. The Bertz CT molecular complexity index is 983. The Balaban J connectivity index is 1.97. The van der Waals surface area contributed by atoms with Crippen LogP contribution in [0, 0.1) is 5.92 Å². The van der Waals surface area contributed by atoms with Crippen molar-refractivity contribution in [3.05, 3.63) is 21.5 Å². The summed E-state index contributed by atoms with van der Waals surface area (Å²) in [6, 6.07) is 0.0562. The molecule has 2 aromatic rings. The number of hydrogen-bond acceptors (Lipinski definition) is 5. The molecule has 1 aliphatic heterocycles. The summed E-state index contributed by atoms with van der Waals surface area (Å²) in [5.74, 6) is -0.633. The van der Waals surface area contributed by atoms with Crippen LogP contribution in [0.2, 0.25) is 0 Å². The Morgan fingerprint density at radius 1 is 1.35 bits per heavy atom. The van der Waals surface area contributed by atoms with Crippen molar-refractivity contribution >= 4 is 23.3 Å². The highest BCUT2D eigenvalue weighted by Crippen LogP contribution is 2.29. The van der Waals surface area contributed by atoms with E-state index in [1.807, 2.05) is 13.8 Å². The summed E-state index contributed by atoms with van der Waals surface area (Å²) < 4.78 is 2.68. The summed E-state index contributed by atoms with van der Waals surface area (Å²) in [5.41, 5.74) is 0.140. The number of aryl methyl sites for hydroxylation is 1. The molecule has 1 saturated carbocycles. The Hall–Kier alpha value is -2.84. The molecule has 2 aliphatic rings. The van der Waals surface area contributed by atoms with Crippen LogP contribution in [0.1, 0.15) is 49.0 Å². The number of carbonyl (C=O) groups excluding carboxylic acids is 2. The molecule has 2 aromatic heterocycles. The van der Waals surface area contributed by atoms with Gasteiger partial charge in [-0.25, -0.2) is 0 Å². The van der Waals surface area contributed by atoms with Crippen LogP contribution in [0.15, 0.2) is 4.79 Å². The van der Waals surface area contributed by atoms with Crippen LogP contribution in [0.4, 0.5) is 5.82 Å². The maximum Gasteiger partial charge on any atom is 0.291 e. The van der Waals surface area contributed by atoms with E-state index in [-0.39, 0.29) is 35.7 Å². The zero-order valence-electron chi connectivity index (χ0n) is 14.7. The van der Waals surface area contributed by atoms with Crippen molar-refractivity contribution in [1.29, 1.82) is 0 Å². The van der Waals surface area contributed by atoms with Crippen LogP contribution >= 0.6 is 0 Å². The van der Waals surface area contributed by atoms with Gasteiger partial charge in [-0.05, 0) is 25.2 Å². The van der Waals surface area contributed by atoms with Gasteiger partial charge in [0.2, 0.25) is 11.8 Å². The van der Waals surface area contributed by atoms with Crippen LogP contribution in [-0.4, -0.2) is 37.1 Å². The number of aromatic hydroxyl groups is 1. The lowest BCUT2D eigenvalue weighted by atomic mass is 10.1. The highest BCUT2D eigenvalue weighted by molar-refractivity contribution is 5.97. The zero-order chi connectivity index (χ0) is 18.6. The zero-order valence-corrected chi connectivity index (χ0v) is 14.7. The third kappa shape index (κ3) is 2.63. The highest BCUT2D eigenvalue weighted by Gasteiger charge is 2.32. The monoisotopic (exact) mass is 359 g/mol. The van der Waals surface area contributed by atoms with Gasteiger partial charge < -0.3 is 15.7 Å². The first-order chi connectivity index (χ1) is 12.4. The van der Waals surface area contributed by atoms with E-state index in [0.29, 0.717) is 30.0 Å². The first kappa shape index (κ1) is 16.6. The molecule has 9 heteroatoms. The molecule has 1 fully saturated rings. The predicted octanol–water partition coefficient (Wildman–Crippen LogP) is 0.634. The molecular formula is C17H21N5O4. The average molecular weight is 359 g/mol. The molecule has 1 aliphatic carbocycles. The molecule has 3 heterocycles. The first-order valence-corrected chi connectivity index (χ1v) is 8.85. The van der Waals surface area contributed by atoms with E-state index in [1.54, 1.807) is 4.57 Å². The molecule has 9 nitrogen and oxygen atoms in total. The van der Waals surface area contributed by atoms with Crippen LogP contribution in [0.3, 0.4) is 0 Å².